The first-order valence-electron chi connectivity index (χ1n) is 11.0. The molecule has 0 N–H and O–H groups in total. The highest BCUT2D eigenvalue weighted by atomic mass is 16.5. The van der Waals surface area contributed by atoms with E-state index in [1.54, 1.807) is 4.90 Å². The molecule has 4 rings (SSSR count). The van der Waals surface area contributed by atoms with Gasteiger partial charge >= 0.3 is 0 Å². The molecule has 6 nitrogen and oxygen atoms in total. The average Bonchev–Trinajstić information content (AvgIpc) is 2.80. The van der Waals surface area contributed by atoms with Crippen molar-refractivity contribution >= 4 is 17.5 Å². The predicted molar refractivity (Wildman–Crippen MR) is 120 cm³/mol. The maximum absolute atomic E-state index is 12.7. The standard InChI is InChI=1S/C25H30N2O4/c1-18-7-8-21(17-19(18)2)31-20-11-13-26(14-12-20)24(28)9-10-25(29)27-15-16-30-23-6-4-3-5-22(23)27/h3-8,17,20H,9-16H2,1-2H3. The molecule has 0 spiro atoms. The van der Waals surface area contributed by atoms with Crippen LogP contribution >= 0.6 is 0 Å². The molecule has 0 aliphatic carbocycles. The Hall–Kier alpha value is -3.02. The van der Waals surface area contributed by atoms with E-state index in [4.69, 9.17) is 9.47 Å². The summed E-state index contributed by atoms with van der Waals surface area (Å²) in [6.45, 7) is 6.51. The summed E-state index contributed by atoms with van der Waals surface area (Å²) in [6, 6.07) is 13.7. The Balaban J connectivity index is 1.24. The van der Waals surface area contributed by atoms with Gasteiger partial charge in [0.25, 0.3) is 0 Å². The minimum atomic E-state index is -0.0305. The number of hydrogen-bond acceptors (Lipinski definition) is 4. The quantitative estimate of drug-likeness (QED) is 0.734. The number of carbonyl (C=O) groups excluding carboxylic acids is 2. The van der Waals surface area contributed by atoms with Gasteiger partial charge in [0.05, 0.1) is 12.2 Å². The number of piperidine rings is 1. The van der Waals surface area contributed by atoms with E-state index in [1.807, 2.05) is 35.2 Å². The van der Waals surface area contributed by atoms with Crippen molar-refractivity contribution in [2.75, 3.05) is 31.1 Å². The molecule has 6 heteroatoms. The lowest BCUT2D eigenvalue weighted by molar-refractivity contribution is -0.134. The van der Waals surface area contributed by atoms with Crippen LogP contribution in [0.4, 0.5) is 5.69 Å². The number of amides is 2. The van der Waals surface area contributed by atoms with Gasteiger partial charge in [0.2, 0.25) is 11.8 Å². The van der Waals surface area contributed by atoms with E-state index >= 15 is 0 Å². The van der Waals surface area contributed by atoms with Crippen LogP contribution in [0.15, 0.2) is 42.5 Å². The monoisotopic (exact) mass is 422 g/mol. The molecule has 1 fully saturated rings. The molecule has 1 saturated heterocycles. The summed E-state index contributed by atoms with van der Waals surface area (Å²) >= 11 is 0. The normalized spacial score (nSPS) is 16.5. The minimum Gasteiger partial charge on any atom is -0.490 e. The smallest absolute Gasteiger partial charge is 0.227 e. The van der Waals surface area contributed by atoms with Crippen molar-refractivity contribution in [2.45, 2.75) is 45.6 Å². The minimum absolute atomic E-state index is 0.0305. The van der Waals surface area contributed by atoms with E-state index in [-0.39, 0.29) is 30.8 Å². The van der Waals surface area contributed by atoms with Crippen molar-refractivity contribution in [3.63, 3.8) is 0 Å². The Morgan fingerprint density at radius 1 is 0.968 bits per heavy atom. The topological polar surface area (TPSA) is 59.1 Å². The molecule has 2 aromatic carbocycles. The number of ether oxygens (including phenoxy) is 2. The number of para-hydroxylation sites is 2. The number of nitrogens with zero attached hydrogens (tertiary/aromatic N) is 2. The lowest BCUT2D eigenvalue weighted by Crippen LogP contribution is -2.42. The number of likely N-dealkylation sites (tertiary alicyclic amines) is 1. The largest absolute Gasteiger partial charge is 0.490 e. The Morgan fingerprint density at radius 2 is 1.71 bits per heavy atom. The summed E-state index contributed by atoms with van der Waals surface area (Å²) < 4.78 is 11.7. The van der Waals surface area contributed by atoms with E-state index in [0.29, 0.717) is 26.2 Å². The second-order valence-corrected chi connectivity index (χ2v) is 8.31. The first-order chi connectivity index (χ1) is 15.0. The molecule has 2 aromatic rings. The van der Waals surface area contributed by atoms with E-state index in [1.165, 1.54) is 11.1 Å². The average molecular weight is 423 g/mol. The second kappa shape index (κ2) is 9.41. The molecule has 0 bridgehead atoms. The zero-order chi connectivity index (χ0) is 21.8. The fourth-order valence-corrected chi connectivity index (χ4v) is 4.14. The van der Waals surface area contributed by atoms with E-state index in [0.717, 1.165) is 30.0 Å². The van der Waals surface area contributed by atoms with Crippen molar-refractivity contribution in [1.29, 1.82) is 0 Å². The molecule has 0 saturated carbocycles. The molecule has 2 aliphatic heterocycles. The van der Waals surface area contributed by atoms with Gasteiger partial charge in [-0.05, 0) is 49.2 Å². The predicted octanol–water partition coefficient (Wildman–Crippen LogP) is 3.88. The number of rotatable bonds is 5. The van der Waals surface area contributed by atoms with Gasteiger partial charge in [-0.1, -0.05) is 18.2 Å². The molecular formula is C25H30N2O4. The second-order valence-electron chi connectivity index (χ2n) is 8.31. The lowest BCUT2D eigenvalue weighted by atomic mass is 10.1. The van der Waals surface area contributed by atoms with Crippen molar-refractivity contribution in [2.24, 2.45) is 0 Å². The summed E-state index contributed by atoms with van der Waals surface area (Å²) in [7, 11) is 0. The molecule has 2 heterocycles. The number of carbonyl (C=O) groups is 2. The Morgan fingerprint density at radius 3 is 2.48 bits per heavy atom. The van der Waals surface area contributed by atoms with Gasteiger partial charge in [0, 0.05) is 38.8 Å². The van der Waals surface area contributed by atoms with Gasteiger partial charge < -0.3 is 19.3 Å². The molecular weight excluding hydrogens is 392 g/mol. The molecule has 0 unspecified atom stereocenters. The van der Waals surface area contributed by atoms with Gasteiger partial charge in [-0.2, -0.15) is 0 Å². The summed E-state index contributed by atoms with van der Waals surface area (Å²) in [5, 5.41) is 0. The van der Waals surface area contributed by atoms with E-state index in [9.17, 15) is 9.59 Å². The summed E-state index contributed by atoms with van der Waals surface area (Å²) in [5.74, 6) is 1.63. The van der Waals surface area contributed by atoms with E-state index in [2.05, 4.69) is 26.0 Å². The van der Waals surface area contributed by atoms with Crippen molar-refractivity contribution in [3.8, 4) is 11.5 Å². The van der Waals surface area contributed by atoms with Crippen LogP contribution in [-0.4, -0.2) is 49.1 Å². The Bertz CT molecular complexity index is 950. The van der Waals surface area contributed by atoms with Gasteiger partial charge in [-0.3, -0.25) is 9.59 Å². The molecule has 0 aromatic heterocycles. The summed E-state index contributed by atoms with van der Waals surface area (Å²) in [4.78, 5) is 29.0. The van der Waals surface area contributed by atoms with E-state index < -0.39 is 0 Å². The molecule has 0 radical (unpaired) electrons. The van der Waals surface area contributed by atoms with Crippen molar-refractivity contribution in [3.05, 3.63) is 53.6 Å². The Kier molecular flexibility index (Phi) is 6.44. The molecule has 2 amide bonds. The maximum Gasteiger partial charge on any atom is 0.227 e. The fraction of sp³-hybridized carbons (Fsp3) is 0.440. The summed E-state index contributed by atoms with van der Waals surface area (Å²) in [5.41, 5.74) is 3.26. The van der Waals surface area contributed by atoms with Crippen molar-refractivity contribution in [1.82, 2.24) is 4.90 Å². The fourth-order valence-electron chi connectivity index (χ4n) is 4.14. The van der Waals surface area contributed by atoms with Crippen LogP contribution in [0.3, 0.4) is 0 Å². The van der Waals surface area contributed by atoms with Crippen LogP contribution < -0.4 is 14.4 Å². The highest BCUT2D eigenvalue weighted by Crippen LogP contribution is 2.31. The van der Waals surface area contributed by atoms with Crippen LogP contribution in [0.25, 0.3) is 0 Å². The van der Waals surface area contributed by atoms with Crippen LogP contribution in [0.2, 0.25) is 0 Å². The van der Waals surface area contributed by atoms with Crippen LogP contribution in [0.1, 0.15) is 36.8 Å². The third-order valence-electron chi connectivity index (χ3n) is 6.16. The first-order valence-corrected chi connectivity index (χ1v) is 11.0. The Labute approximate surface area is 183 Å². The third-order valence-corrected chi connectivity index (χ3v) is 6.16. The number of benzene rings is 2. The zero-order valence-electron chi connectivity index (χ0n) is 18.3. The SMILES string of the molecule is Cc1ccc(OC2CCN(C(=O)CCC(=O)N3CCOc4ccccc43)CC2)cc1C. The van der Waals surface area contributed by atoms with Crippen LogP contribution in [-0.2, 0) is 9.59 Å². The third kappa shape index (κ3) is 5.01. The molecule has 0 atom stereocenters. The van der Waals surface area contributed by atoms with Gasteiger partial charge in [0.1, 0.15) is 24.2 Å². The number of fused-ring (bicyclic) bond motifs is 1. The number of anilines is 1. The number of aryl methyl sites for hydroxylation is 2. The van der Waals surface area contributed by atoms with Crippen LogP contribution in [0, 0.1) is 13.8 Å². The molecule has 2 aliphatic rings. The van der Waals surface area contributed by atoms with Crippen molar-refractivity contribution < 1.29 is 19.1 Å². The van der Waals surface area contributed by atoms with Crippen LogP contribution in [0.5, 0.6) is 11.5 Å². The highest BCUT2D eigenvalue weighted by molar-refractivity contribution is 5.97. The summed E-state index contributed by atoms with van der Waals surface area (Å²) in [6.07, 6.45) is 2.19. The van der Waals surface area contributed by atoms with Gasteiger partial charge in [-0.15, -0.1) is 0 Å². The highest BCUT2D eigenvalue weighted by Gasteiger charge is 2.27. The zero-order valence-corrected chi connectivity index (χ0v) is 18.3. The first kappa shape index (κ1) is 21.2. The molecule has 164 valence electrons. The molecule has 31 heavy (non-hydrogen) atoms. The number of hydrogen-bond donors (Lipinski definition) is 0. The maximum atomic E-state index is 12.7. The lowest BCUT2D eigenvalue weighted by Gasteiger charge is -2.33. The van der Waals surface area contributed by atoms with Gasteiger partial charge in [0.15, 0.2) is 0 Å². The van der Waals surface area contributed by atoms with Gasteiger partial charge in [-0.25, -0.2) is 0 Å².